The van der Waals surface area contributed by atoms with E-state index in [1.54, 1.807) is 12.3 Å². The van der Waals surface area contributed by atoms with Crippen LogP contribution in [0.5, 0.6) is 0 Å². The molecule has 0 atom stereocenters. The molecule has 2 aromatic carbocycles. The summed E-state index contributed by atoms with van der Waals surface area (Å²) < 4.78 is 14.1. The van der Waals surface area contributed by atoms with E-state index in [1.807, 2.05) is 61.7 Å². The van der Waals surface area contributed by atoms with Gasteiger partial charge in [-0.25, -0.2) is 4.39 Å². The summed E-state index contributed by atoms with van der Waals surface area (Å²) in [6.45, 7) is 1.96. The number of hydrogen-bond acceptors (Lipinski definition) is 1. The van der Waals surface area contributed by atoms with Gasteiger partial charge in [-0.2, -0.15) is 0 Å². The number of halogens is 1. The van der Waals surface area contributed by atoms with Crippen molar-refractivity contribution < 1.29 is 4.39 Å². The van der Waals surface area contributed by atoms with Crippen LogP contribution in [-0.4, -0.2) is 9.97 Å². The zero-order valence-electron chi connectivity index (χ0n) is 13.8. The van der Waals surface area contributed by atoms with Crippen molar-refractivity contribution in [3.63, 3.8) is 0 Å². The third kappa shape index (κ3) is 3.09. The van der Waals surface area contributed by atoms with Crippen molar-refractivity contribution in [1.82, 2.24) is 9.97 Å². The van der Waals surface area contributed by atoms with E-state index in [1.165, 1.54) is 6.07 Å². The predicted octanol–water partition coefficient (Wildman–Crippen LogP) is 5.66. The maximum Gasteiger partial charge on any atom is 0.131 e. The Bertz CT molecular complexity index is 1000. The standard InChI is InChI=1S/C22H16FN2/c1-15-4-9-20(23)19(13-15)17-7-5-16(6-8-17)18-10-12-25-22(14-18)21-3-2-11-24-21/h2-5,7-14,24H,1H3. The van der Waals surface area contributed by atoms with Gasteiger partial charge >= 0.3 is 0 Å². The zero-order valence-corrected chi connectivity index (χ0v) is 13.8. The fraction of sp³-hybridized carbons (Fsp3) is 0.0455. The summed E-state index contributed by atoms with van der Waals surface area (Å²) in [6, 6.07) is 22.0. The van der Waals surface area contributed by atoms with E-state index < -0.39 is 0 Å². The summed E-state index contributed by atoms with van der Waals surface area (Å²) in [4.78, 5) is 7.56. The van der Waals surface area contributed by atoms with Crippen molar-refractivity contribution in [2.24, 2.45) is 0 Å². The lowest BCUT2D eigenvalue weighted by molar-refractivity contribution is 0.631. The number of hydrogen-bond donors (Lipinski definition) is 1. The SMILES string of the molecule is Cc1ccc(F)c(-c2c[c]c(-c3ccnc(-c4ccc[nH]4)c3)cc2)c1. The molecule has 25 heavy (non-hydrogen) atoms. The lowest BCUT2D eigenvalue weighted by Gasteiger charge is -2.07. The van der Waals surface area contributed by atoms with E-state index >= 15 is 0 Å². The predicted molar refractivity (Wildman–Crippen MR) is 98.4 cm³/mol. The van der Waals surface area contributed by atoms with Crippen LogP contribution < -0.4 is 0 Å². The van der Waals surface area contributed by atoms with E-state index in [0.717, 1.165) is 33.6 Å². The van der Waals surface area contributed by atoms with Gasteiger partial charge in [0.25, 0.3) is 0 Å². The van der Waals surface area contributed by atoms with Gasteiger partial charge in [0, 0.05) is 18.0 Å². The molecule has 4 aromatic rings. The molecule has 0 aliphatic heterocycles. The first kappa shape index (κ1) is 15.3. The van der Waals surface area contributed by atoms with Gasteiger partial charge in [-0.1, -0.05) is 23.8 Å². The van der Waals surface area contributed by atoms with Crippen LogP contribution in [0.4, 0.5) is 4.39 Å². The number of nitrogens with zero attached hydrogens (tertiary/aromatic N) is 1. The van der Waals surface area contributed by atoms with Crippen LogP contribution in [-0.2, 0) is 0 Å². The summed E-state index contributed by atoms with van der Waals surface area (Å²) in [5.74, 6) is -0.218. The number of pyridine rings is 1. The minimum atomic E-state index is -0.218. The van der Waals surface area contributed by atoms with Gasteiger partial charge in [0.1, 0.15) is 5.82 Å². The quantitative estimate of drug-likeness (QED) is 0.517. The topological polar surface area (TPSA) is 28.7 Å². The number of aromatic amines is 1. The lowest BCUT2D eigenvalue weighted by Crippen LogP contribution is -1.88. The number of aromatic nitrogens is 2. The van der Waals surface area contributed by atoms with Gasteiger partial charge in [0.15, 0.2) is 0 Å². The maximum atomic E-state index is 14.1. The molecule has 2 heterocycles. The Morgan fingerprint density at radius 2 is 1.92 bits per heavy atom. The molecule has 0 fully saturated rings. The number of H-pyrrole nitrogens is 1. The zero-order chi connectivity index (χ0) is 17.2. The van der Waals surface area contributed by atoms with Crippen LogP contribution in [0.1, 0.15) is 5.56 Å². The molecule has 0 aliphatic rings. The fourth-order valence-electron chi connectivity index (χ4n) is 2.87. The molecule has 3 heteroatoms. The van der Waals surface area contributed by atoms with Crippen molar-refractivity contribution in [2.45, 2.75) is 6.92 Å². The Balaban J connectivity index is 1.69. The van der Waals surface area contributed by atoms with Crippen molar-refractivity contribution in [3.8, 4) is 33.6 Å². The molecule has 0 unspecified atom stereocenters. The molecular weight excluding hydrogens is 311 g/mol. The van der Waals surface area contributed by atoms with E-state index in [4.69, 9.17) is 0 Å². The highest BCUT2D eigenvalue weighted by Gasteiger charge is 2.07. The molecule has 2 nitrogen and oxygen atoms in total. The van der Waals surface area contributed by atoms with Gasteiger partial charge in [-0.15, -0.1) is 0 Å². The van der Waals surface area contributed by atoms with Gasteiger partial charge < -0.3 is 4.98 Å². The Kier molecular flexibility index (Phi) is 3.90. The van der Waals surface area contributed by atoms with Crippen LogP contribution in [0, 0.1) is 18.8 Å². The highest BCUT2D eigenvalue weighted by Crippen LogP contribution is 2.28. The van der Waals surface area contributed by atoms with Gasteiger partial charge in [0.2, 0.25) is 0 Å². The van der Waals surface area contributed by atoms with Crippen molar-refractivity contribution in [3.05, 3.63) is 90.5 Å². The minimum absolute atomic E-state index is 0.218. The van der Waals surface area contributed by atoms with E-state index in [-0.39, 0.29) is 5.82 Å². The minimum Gasteiger partial charge on any atom is -0.360 e. The van der Waals surface area contributed by atoms with E-state index in [9.17, 15) is 4.39 Å². The first-order valence-corrected chi connectivity index (χ1v) is 8.09. The number of benzene rings is 2. The molecule has 0 bridgehead atoms. The molecular formula is C22H16FN2. The monoisotopic (exact) mass is 327 g/mol. The van der Waals surface area contributed by atoms with E-state index in [2.05, 4.69) is 16.0 Å². The first-order chi connectivity index (χ1) is 12.2. The second-order valence-electron chi connectivity index (χ2n) is 5.99. The Morgan fingerprint density at radius 1 is 1.00 bits per heavy atom. The second kappa shape index (κ2) is 6.36. The van der Waals surface area contributed by atoms with Crippen LogP contribution in [0.3, 0.4) is 0 Å². The van der Waals surface area contributed by atoms with Crippen LogP contribution in [0.25, 0.3) is 33.6 Å². The average molecular weight is 327 g/mol. The molecule has 0 saturated carbocycles. The summed E-state index contributed by atoms with van der Waals surface area (Å²) >= 11 is 0. The normalized spacial score (nSPS) is 10.8. The van der Waals surface area contributed by atoms with Gasteiger partial charge in [-0.3, -0.25) is 4.98 Å². The maximum absolute atomic E-state index is 14.1. The molecule has 1 N–H and O–H groups in total. The molecule has 0 saturated heterocycles. The number of nitrogens with one attached hydrogen (secondary N) is 1. The fourth-order valence-corrected chi connectivity index (χ4v) is 2.87. The number of rotatable bonds is 3. The molecule has 2 aromatic heterocycles. The van der Waals surface area contributed by atoms with Crippen LogP contribution in [0.2, 0.25) is 0 Å². The van der Waals surface area contributed by atoms with Gasteiger partial charge in [0.05, 0.1) is 11.4 Å². The summed E-state index contributed by atoms with van der Waals surface area (Å²) in [5, 5.41) is 0. The molecule has 0 spiro atoms. The first-order valence-electron chi connectivity index (χ1n) is 8.09. The molecule has 0 amide bonds. The summed E-state index contributed by atoms with van der Waals surface area (Å²) in [6.07, 6.45) is 3.66. The van der Waals surface area contributed by atoms with Crippen molar-refractivity contribution in [1.29, 1.82) is 0 Å². The second-order valence-corrected chi connectivity index (χ2v) is 5.99. The Morgan fingerprint density at radius 3 is 2.68 bits per heavy atom. The Labute approximate surface area is 146 Å². The third-order valence-corrected chi connectivity index (χ3v) is 4.19. The number of aryl methyl sites for hydroxylation is 1. The highest BCUT2D eigenvalue weighted by molar-refractivity contribution is 5.72. The van der Waals surface area contributed by atoms with E-state index in [0.29, 0.717) is 5.56 Å². The lowest BCUT2D eigenvalue weighted by atomic mass is 9.99. The smallest absolute Gasteiger partial charge is 0.131 e. The molecule has 1 radical (unpaired) electrons. The molecule has 121 valence electrons. The summed E-state index contributed by atoms with van der Waals surface area (Å²) in [7, 11) is 0. The van der Waals surface area contributed by atoms with Crippen molar-refractivity contribution >= 4 is 0 Å². The summed E-state index contributed by atoms with van der Waals surface area (Å²) in [5.41, 5.74) is 6.28. The van der Waals surface area contributed by atoms with Gasteiger partial charge in [-0.05, 0) is 72.1 Å². The molecule has 4 rings (SSSR count). The Hall–Kier alpha value is -3.20. The average Bonchev–Trinajstić information content (AvgIpc) is 3.19. The third-order valence-electron chi connectivity index (χ3n) is 4.19. The largest absolute Gasteiger partial charge is 0.360 e. The molecule has 0 aliphatic carbocycles. The van der Waals surface area contributed by atoms with Crippen LogP contribution in [0.15, 0.2) is 73.1 Å². The van der Waals surface area contributed by atoms with Crippen LogP contribution >= 0.6 is 0 Å². The highest BCUT2D eigenvalue weighted by atomic mass is 19.1. The van der Waals surface area contributed by atoms with Crippen molar-refractivity contribution in [2.75, 3.05) is 0 Å².